The minimum absolute atomic E-state index is 0.309. The van der Waals surface area contributed by atoms with Crippen molar-refractivity contribution in [3.63, 3.8) is 0 Å². The lowest BCUT2D eigenvalue weighted by atomic mass is 9.77. The lowest BCUT2D eigenvalue weighted by molar-refractivity contribution is -0.141. The van der Waals surface area contributed by atoms with Crippen LogP contribution in [0.4, 0.5) is 0 Å². The molecule has 0 amide bonds. The van der Waals surface area contributed by atoms with Gasteiger partial charge in [0.25, 0.3) is 0 Å². The molecule has 1 aromatic carbocycles. The van der Waals surface area contributed by atoms with Gasteiger partial charge in [0.15, 0.2) is 0 Å². The summed E-state index contributed by atoms with van der Waals surface area (Å²) in [6.45, 7) is 0. The molecule has 0 saturated heterocycles. The smallest absolute Gasteiger partial charge is 0.311 e. The summed E-state index contributed by atoms with van der Waals surface area (Å²) in [4.78, 5) is 11.5. The van der Waals surface area contributed by atoms with Crippen LogP contribution in [0.1, 0.15) is 50.0 Å². The SMILES string of the molecule is O=C(O)C(CC1(O)CCCCC1)c1ccc(Br)cc1. The Balaban J connectivity index is 2.16. The highest BCUT2D eigenvalue weighted by Gasteiger charge is 2.35. The zero-order valence-electron chi connectivity index (χ0n) is 10.8. The Morgan fingerprint density at radius 3 is 2.32 bits per heavy atom. The van der Waals surface area contributed by atoms with Crippen LogP contribution in [0, 0.1) is 0 Å². The van der Waals surface area contributed by atoms with Gasteiger partial charge in [-0.15, -0.1) is 0 Å². The Bertz CT molecular complexity index is 435. The van der Waals surface area contributed by atoms with Crippen molar-refractivity contribution in [2.45, 2.75) is 50.0 Å². The maximum atomic E-state index is 11.5. The van der Waals surface area contributed by atoms with Gasteiger partial charge in [0, 0.05) is 4.47 Å². The van der Waals surface area contributed by atoms with Crippen LogP contribution in [0.25, 0.3) is 0 Å². The van der Waals surface area contributed by atoms with E-state index < -0.39 is 17.5 Å². The number of carbonyl (C=O) groups is 1. The summed E-state index contributed by atoms with van der Waals surface area (Å²) in [7, 11) is 0. The van der Waals surface area contributed by atoms with Gasteiger partial charge >= 0.3 is 5.97 Å². The second-order valence-electron chi connectivity index (χ2n) is 5.43. The number of aliphatic hydroxyl groups is 1. The molecule has 1 saturated carbocycles. The van der Waals surface area contributed by atoms with Gasteiger partial charge in [0.1, 0.15) is 0 Å². The summed E-state index contributed by atoms with van der Waals surface area (Å²) in [6.07, 6.45) is 4.86. The van der Waals surface area contributed by atoms with Crippen LogP contribution >= 0.6 is 15.9 Å². The lowest BCUT2D eigenvalue weighted by Crippen LogP contribution is -2.35. The standard InChI is InChI=1S/C15H19BrO3/c16-12-6-4-11(5-7-12)13(14(17)18)10-15(19)8-2-1-3-9-15/h4-7,13,19H,1-3,8-10H2,(H,17,18). The maximum absolute atomic E-state index is 11.5. The van der Waals surface area contributed by atoms with Gasteiger partial charge in [0.2, 0.25) is 0 Å². The molecule has 1 aliphatic rings. The van der Waals surface area contributed by atoms with E-state index in [4.69, 9.17) is 0 Å². The van der Waals surface area contributed by atoms with Crippen LogP contribution in [-0.2, 0) is 4.79 Å². The molecule has 1 atom stereocenters. The predicted molar refractivity (Wildman–Crippen MR) is 77.2 cm³/mol. The number of carboxylic acids is 1. The van der Waals surface area contributed by atoms with E-state index in [0.717, 1.165) is 29.3 Å². The quantitative estimate of drug-likeness (QED) is 0.886. The van der Waals surface area contributed by atoms with Crippen molar-refractivity contribution in [1.82, 2.24) is 0 Å². The van der Waals surface area contributed by atoms with E-state index in [-0.39, 0.29) is 0 Å². The molecule has 4 heteroatoms. The van der Waals surface area contributed by atoms with E-state index in [1.165, 1.54) is 0 Å². The van der Waals surface area contributed by atoms with Crippen LogP contribution < -0.4 is 0 Å². The molecule has 2 rings (SSSR count). The fourth-order valence-corrected chi connectivity index (χ4v) is 3.10. The summed E-state index contributed by atoms with van der Waals surface area (Å²) in [5, 5.41) is 20.0. The Morgan fingerprint density at radius 1 is 1.21 bits per heavy atom. The Labute approximate surface area is 121 Å². The van der Waals surface area contributed by atoms with E-state index in [1.807, 2.05) is 24.3 Å². The summed E-state index contributed by atoms with van der Waals surface area (Å²) in [5.41, 5.74) is -0.0522. The first-order valence-electron chi connectivity index (χ1n) is 6.71. The fourth-order valence-electron chi connectivity index (χ4n) is 2.84. The largest absolute Gasteiger partial charge is 0.481 e. The van der Waals surface area contributed by atoms with Crippen LogP contribution in [0.15, 0.2) is 28.7 Å². The number of halogens is 1. The molecule has 0 radical (unpaired) electrons. The van der Waals surface area contributed by atoms with Crippen molar-refractivity contribution >= 4 is 21.9 Å². The van der Waals surface area contributed by atoms with E-state index in [1.54, 1.807) is 0 Å². The van der Waals surface area contributed by atoms with Crippen molar-refractivity contribution in [2.24, 2.45) is 0 Å². The average Bonchev–Trinajstić information content (AvgIpc) is 2.38. The van der Waals surface area contributed by atoms with Gasteiger partial charge in [-0.3, -0.25) is 4.79 Å². The number of carboxylic acid groups (broad SMARTS) is 1. The monoisotopic (exact) mass is 326 g/mol. The van der Waals surface area contributed by atoms with Gasteiger partial charge in [0.05, 0.1) is 11.5 Å². The molecule has 0 aliphatic heterocycles. The first-order chi connectivity index (χ1) is 9.00. The van der Waals surface area contributed by atoms with Crippen LogP contribution in [-0.4, -0.2) is 21.8 Å². The van der Waals surface area contributed by atoms with Crippen LogP contribution in [0.2, 0.25) is 0 Å². The molecule has 2 N–H and O–H groups in total. The van der Waals surface area contributed by atoms with Crippen molar-refractivity contribution in [3.8, 4) is 0 Å². The normalized spacial score (nSPS) is 19.9. The van der Waals surface area contributed by atoms with Gasteiger partial charge in [-0.2, -0.15) is 0 Å². The highest BCUT2D eigenvalue weighted by Crippen LogP contribution is 2.36. The van der Waals surface area contributed by atoms with E-state index in [9.17, 15) is 15.0 Å². The second-order valence-corrected chi connectivity index (χ2v) is 6.35. The zero-order chi connectivity index (χ0) is 13.9. The van der Waals surface area contributed by atoms with Crippen LogP contribution in [0.3, 0.4) is 0 Å². The molecule has 104 valence electrons. The molecule has 1 aliphatic carbocycles. The number of hydrogen-bond donors (Lipinski definition) is 2. The van der Waals surface area contributed by atoms with Crippen molar-refractivity contribution in [2.75, 3.05) is 0 Å². The fraction of sp³-hybridized carbons (Fsp3) is 0.533. The first kappa shape index (κ1) is 14.5. The van der Waals surface area contributed by atoms with E-state index in [0.29, 0.717) is 19.3 Å². The van der Waals surface area contributed by atoms with Gasteiger partial charge in [-0.05, 0) is 37.0 Å². The summed E-state index contributed by atoms with van der Waals surface area (Å²) in [6, 6.07) is 7.32. The van der Waals surface area contributed by atoms with E-state index in [2.05, 4.69) is 15.9 Å². The first-order valence-corrected chi connectivity index (χ1v) is 7.50. The van der Waals surface area contributed by atoms with Crippen molar-refractivity contribution in [1.29, 1.82) is 0 Å². The summed E-state index contributed by atoms with van der Waals surface area (Å²) >= 11 is 3.34. The molecule has 0 spiro atoms. The molecule has 1 fully saturated rings. The third-order valence-electron chi connectivity index (χ3n) is 3.94. The molecule has 19 heavy (non-hydrogen) atoms. The number of hydrogen-bond acceptors (Lipinski definition) is 2. The number of rotatable bonds is 4. The third-order valence-corrected chi connectivity index (χ3v) is 4.47. The maximum Gasteiger partial charge on any atom is 0.311 e. The number of benzene rings is 1. The zero-order valence-corrected chi connectivity index (χ0v) is 12.4. The highest BCUT2D eigenvalue weighted by atomic mass is 79.9. The average molecular weight is 327 g/mol. The predicted octanol–water partition coefficient (Wildman–Crippen LogP) is 3.70. The van der Waals surface area contributed by atoms with Crippen molar-refractivity contribution in [3.05, 3.63) is 34.3 Å². The lowest BCUT2D eigenvalue weighted by Gasteiger charge is -2.34. The topological polar surface area (TPSA) is 57.5 Å². The minimum Gasteiger partial charge on any atom is -0.481 e. The minimum atomic E-state index is -0.860. The Kier molecular flexibility index (Phi) is 4.63. The molecule has 0 aromatic heterocycles. The van der Waals surface area contributed by atoms with Gasteiger partial charge < -0.3 is 10.2 Å². The Hall–Kier alpha value is -0.870. The molecule has 1 aromatic rings. The van der Waals surface area contributed by atoms with E-state index >= 15 is 0 Å². The third kappa shape index (κ3) is 3.80. The molecule has 0 heterocycles. The summed E-state index contributed by atoms with van der Waals surface area (Å²) < 4.78 is 0.928. The van der Waals surface area contributed by atoms with Gasteiger partial charge in [-0.25, -0.2) is 0 Å². The molecule has 3 nitrogen and oxygen atoms in total. The number of aliphatic carboxylic acids is 1. The summed E-state index contributed by atoms with van der Waals surface area (Å²) in [5.74, 6) is -1.49. The van der Waals surface area contributed by atoms with Crippen molar-refractivity contribution < 1.29 is 15.0 Å². The molecular formula is C15H19BrO3. The molecule has 1 unspecified atom stereocenters. The molecule has 0 bridgehead atoms. The second kappa shape index (κ2) is 6.06. The molecular weight excluding hydrogens is 308 g/mol. The highest BCUT2D eigenvalue weighted by molar-refractivity contribution is 9.10. The van der Waals surface area contributed by atoms with Gasteiger partial charge in [-0.1, -0.05) is 47.3 Å². The van der Waals surface area contributed by atoms with Crippen LogP contribution in [0.5, 0.6) is 0 Å². The Morgan fingerprint density at radius 2 is 1.79 bits per heavy atom.